The molecule has 6 nitrogen and oxygen atoms in total. The Morgan fingerprint density at radius 1 is 1.14 bits per heavy atom. The molecule has 1 aliphatic rings. The van der Waals surface area contributed by atoms with Crippen LogP contribution in [0.25, 0.3) is 0 Å². The molecule has 152 valence electrons. The Labute approximate surface area is 168 Å². The van der Waals surface area contributed by atoms with Crippen LogP contribution in [0.3, 0.4) is 0 Å². The largest absolute Gasteiger partial charge is 0.378 e. The minimum atomic E-state index is 0.485. The Bertz CT molecular complexity index is 707. The average Bonchev–Trinajstić information content (AvgIpc) is 3.19. The Balaban J connectivity index is 1.31. The molecule has 0 spiro atoms. The minimum Gasteiger partial charge on any atom is -0.378 e. The number of aliphatic imine (C=N–C) groups is 1. The summed E-state index contributed by atoms with van der Waals surface area (Å²) >= 11 is 0. The van der Waals surface area contributed by atoms with Gasteiger partial charge in [-0.05, 0) is 24.8 Å². The Morgan fingerprint density at radius 2 is 1.96 bits per heavy atom. The van der Waals surface area contributed by atoms with Crippen molar-refractivity contribution in [1.29, 1.82) is 0 Å². The Hall–Kier alpha value is -2.34. The molecule has 1 fully saturated rings. The number of guanidine groups is 1. The van der Waals surface area contributed by atoms with Gasteiger partial charge in [0.1, 0.15) is 0 Å². The van der Waals surface area contributed by atoms with E-state index in [0.29, 0.717) is 12.6 Å². The second-order valence-corrected chi connectivity index (χ2v) is 7.37. The highest BCUT2D eigenvalue weighted by molar-refractivity contribution is 5.79. The molecule has 2 N–H and O–H groups in total. The number of ether oxygens (including phenoxy) is 1. The van der Waals surface area contributed by atoms with E-state index in [1.165, 1.54) is 37.7 Å². The second-order valence-electron chi connectivity index (χ2n) is 7.37. The number of nitrogens with one attached hydrogen (secondary N) is 2. The molecular formula is C22H33N5O. The zero-order chi connectivity index (χ0) is 19.4. The fourth-order valence-corrected chi connectivity index (χ4v) is 3.52. The summed E-state index contributed by atoms with van der Waals surface area (Å²) in [5, 5.41) is 11.1. The molecule has 0 atom stereocenters. The van der Waals surface area contributed by atoms with Crippen LogP contribution < -0.4 is 10.6 Å². The van der Waals surface area contributed by atoms with E-state index in [4.69, 9.17) is 4.74 Å². The first-order chi connectivity index (χ1) is 13.8. The Kier molecular flexibility index (Phi) is 8.37. The number of aromatic nitrogens is 2. The van der Waals surface area contributed by atoms with Crippen molar-refractivity contribution in [3.63, 3.8) is 0 Å². The maximum absolute atomic E-state index is 5.97. The summed E-state index contributed by atoms with van der Waals surface area (Å²) in [7, 11) is 1.80. The molecule has 1 aromatic heterocycles. The highest BCUT2D eigenvalue weighted by Crippen LogP contribution is 2.20. The predicted molar refractivity (Wildman–Crippen MR) is 113 cm³/mol. The second kappa shape index (κ2) is 11.5. The van der Waals surface area contributed by atoms with Gasteiger partial charge < -0.3 is 15.4 Å². The third-order valence-corrected chi connectivity index (χ3v) is 5.08. The summed E-state index contributed by atoms with van der Waals surface area (Å²) in [5.41, 5.74) is 2.39. The lowest BCUT2D eigenvalue weighted by Gasteiger charge is -2.22. The fourth-order valence-electron chi connectivity index (χ4n) is 3.52. The van der Waals surface area contributed by atoms with Crippen molar-refractivity contribution in [2.75, 3.05) is 20.2 Å². The van der Waals surface area contributed by atoms with Crippen LogP contribution in [0.1, 0.15) is 49.7 Å². The highest BCUT2D eigenvalue weighted by atomic mass is 16.5. The van der Waals surface area contributed by atoms with Crippen LogP contribution >= 0.6 is 0 Å². The number of benzene rings is 1. The third kappa shape index (κ3) is 7.00. The summed E-state index contributed by atoms with van der Waals surface area (Å²) in [6.45, 7) is 3.17. The molecule has 0 bridgehead atoms. The average molecular weight is 384 g/mol. The quantitative estimate of drug-likeness (QED) is 0.396. The molecule has 0 amide bonds. The van der Waals surface area contributed by atoms with Gasteiger partial charge in [0.2, 0.25) is 0 Å². The maximum atomic E-state index is 5.97. The zero-order valence-corrected chi connectivity index (χ0v) is 16.9. The first kappa shape index (κ1) is 20.4. The summed E-state index contributed by atoms with van der Waals surface area (Å²) in [4.78, 5) is 4.29. The van der Waals surface area contributed by atoms with Gasteiger partial charge in [-0.2, -0.15) is 5.10 Å². The van der Waals surface area contributed by atoms with Crippen molar-refractivity contribution in [1.82, 2.24) is 20.4 Å². The van der Waals surface area contributed by atoms with Gasteiger partial charge in [-0.15, -0.1) is 0 Å². The van der Waals surface area contributed by atoms with Crippen LogP contribution in [-0.2, 0) is 17.8 Å². The molecule has 28 heavy (non-hydrogen) atoms. The van der Waals surface area contributed by atoms with Crippen molar-refractivity contribution < 1.29 is 4.74 Å². The summed E-state index contributed by atoms with van der Waals surface area (Å²) in [6, 6.07) is 10.4. The lowest BCUT2D eigenvalue weighted by Crippen LogP contribution is -2.37. The van der Waals surface area contributed by atoms with E-state index in [9.17, 15) is 0 Å². The SMILES string of the molecule is CN=C(NCCCOC1CCCCC1)NCc1cnn(Cc2ccccc2)c1. The molecule has 0 radical (unpaired) electrons. The highest BCUT2D eigenvalue weighted by Gasteiger charge is 2.13. The van der Waals surface area contributed by atoms with Gasteiger partial charge in [0.05, 0.1) is 18.8 Å². The van der Waals surface area contributed by atoms with E-state index in [-0.39, 0.29) is 0 Å². The minimum absolute atomic E-state index is 0.485. The topological polar surface area (TPSA) is 63.5 Å². The molecule has 0 unspecified atom stereocenters. The summed E-state index contributed by atoms with van der Waals surface area (Å²) < 4.78 is 7.93. The van der Waals surface area contributed by atoms with Gasteiger partial charge in [0.25, 0.3) is 0 Å². The Morgan fingerprint density at radius 3 is 2.75 bits per heavy atom. The van der Waals surface area contributed by atoms with Gasteiger partial charge in [-0.25, -0.2) is 0 Å². The van der Waals surface area contributed by atoms with E-state index >= 15 is 0 Å². The van der Waals surface area contributed by atoms with Crippen LogP contribution in [0.5, 0.6) is 0 Å². The summed E-state index contributed by atoms with van der Waals surface area (Å²) in [5.74, 6) is 0.813. The fraction of sp³-hybridized carbons (Fsp3) is 0.545. The third-order valence-electron chi connectivity index (χ3n) is 5.08. The van der Waals surface area contributed by atoms with E-state index in [1.807, 2.05) is 16.9 Å². The van der Waals surface area contributed by atoms with Gasteiger partial charge in [-0.1, -0.05) is 49.6 Å². The molecule has 1 heterocycles. The molecule has 6 heteroatoms. The first-order valence-electron chi connectivity index (χ1n) is 10.4. The maximum Gasteiger partial charge on any atom is 0.191 e. The molecule has 1 aromatic carbocycles. The molecule has 1 saturated carbocycles. The van der Waals surface area contributed by atoms with Crippen molar-refractivity contribution in [2.24, 2.45) is 4.99 Å². The van der Waals surface area contributed by atoms with Crippen LogP contribution in [-0.4, -0.2) is 42.0 Å². The number of nitrogens with zero attached hydrogens (tertiary/aromatic N) is 3. The summed E-state index contributed by atoms with van der Waals surface area (Å²) in [6.07, 6.45) is 11.9. The molecule has 2 aromatic rings. The first-order valence-corrected chi connectivity index (χ1v) is 10.4. The smallest absolute Gasteiger partial charge is 0.191 e. The van der Waals surface area contributed by atoms with Crippen molar-refractivity contribution >= 4 is 5.96 Å². The van der Waals surface area contributed by atoms with Gasteiger partial charge >= 0.3 is 0 Å². The van der Waals surface area contributed by atoms with Crippen LogP contribution in [0, 0.1) is 0 Å². The van der Waals surface area contributed by atoms with Crippen molar-refractivity contribution in [2.45, 2.75) is 57.7 Å². The van der Waals surface area contributed by atoms with Crippen LogP contribution in [0.15, 0.2) is 47.7 Å². The molecule has 1 aliphatic carbocycles. The lowest BCUT2D eigenvalue weighted by atomic mass is 9.98. The molecule has 0 aliphatic heterocycles. The van der Waals surface area contributed by atoms with Gasteiger partial charge in [-0.3, -0.25) is 9.67 Å². The normalized spacial score (nSPS) is 15.5. The standard InChI is InChI=1S/C22H33N5O/c1-23-22(24-13-8-14-28-21-11-6-3-7-12-21)25-15-20-16-26-27(18-20)17-19-9-4-2-5-10-19/h2,4-5,9-10,16,18,21H,3,6-8,11-15,17H2,1H3,(H2,23,24,25). The van der Waals surface area contributed by atoms with Crippen molar-refractivity contribution in [3.05, 3.63) is 53.9 Å². The van der Waals surface area contributed by atoms with E-state index in [2.05, 4.69) is 51.2 Å². The van der Waals surface area contributed by atoms with Gasteiger partial charge in [0, 0.05) is 38.5 Å². The van der Waals surface area contributed by atoms with Crippen LogP contribution in [0.2, 0.25) is 0 Å². The van der Waals surface area contributed by atoms with Crippen LogP contribution in [0.4, 0.5) is 0 Å². The van der Waals surface area contributed by atoms with E-state index in [0.717, 1.165) is 37.6 Å². The van der Waals surface area contributed by atoms with E-state index < -0.39 is 0 Å². The predicted octanol–water partition coefficient (Wildman–Crippen LogP) is 3.34. The molecule has 0 saturated heterocycles. The van der Waals surface area contributed by atoms with Crippen molar-refractivity contribution in [3.8, 4) is 0 Å². The molecular weight excluding hydrogens is 350 g/mol. The zero-order valence-electron chi connectivity index (χ0n) is 16.9. The number of hydrogen-bond acceptors (Lipinski definition) is 3. The monoisotopic (exact) mass is 383 g/mol. The van der Waals surface area contributed by atoms with E-state index in [1.54, 1.807) is 7.05 Å². The van der Waals surface area contributed by atoms with Gasteiger partial charge in [0.15, 0.2) is 5.96 Å². The molecule has 3 rings (SSSR count). The number of rotatable bonds is 9. The lowest BCUT2D eigenvalue weighted by molar-refractivity contribution is 0.0277. The number of hydrogen-bond donors (Lipinski definition) is 2.